The SMILES string of the molecule is COc1ccc(CN2CC[C@H](c3cc(=O)[nH]c(N4CCCC4)n3)C2)cc1. The van der Waals surface area contributed by atoms with Crippen LogP contribution in [0.4, 0.5) is 5.95 Å². The van der Waals surface area contributed by atoms with E-state index in [4.69, 9.17) is 9.72 Å². The lowest BCUT2D eigenvalue weighted by Crippen LogP contribution is -2.25. The molecule has 0 bridgehead atoms. The summed E-state index contributed by atoms with van der Waals surface area (Å²) in [6.45, 7) is 4.87. The van der Waals surface area contributed by atoms with Crippen molar-refractivity contribution in [1.29, 1.82) is 0 Å². The number of aromatic amines is 1. The molecule has 2 aliphatic rings. The second-order valence-corrected chi connectivity index (χ2v) is 7.26. The van der Waals surface area contributed by atoms with Crippen molar-refractivity contribution < 1.29 is 4.74 Å². The molecular weight excluding hydrogens is 328 g/mol. The van der Waals surface area contributed by atoms with Gasteiger partial charge < -0.3 is 9.64 Å². The van der Waals surface area contributed by atoms with Crippen LogP contribution in [0.25, 0.3) is 0 Å². The van der Waals surface area contributed by atoms with Crippen molar-refractivity contribution in [3.05, 3.63) is 51.9 Å². The van der Waals surface area contributed by atoms with Crippen molar-refractivity contribution in [3.63, 3.8) is 0 Å². The van der Waals surface area contributed by atoms with E-state index in [1.807, 2.05) is 12.1 Å². The molecule has 0 unspecified atom stereocenters. The zero-order chi connectivity index (χ0) is 17.9. The van der Waals surface area contributed by atoms with E-state index in [-0.39, 0.29) is 5.56 Å². The number of nitrogens with zero attached hydrogens (tertiary/aromatic N) is 3. The van der Waals surface area contributed by atoms with Gasteiger partial charge in [0.15, 0.2) is 0 Å². The van der Waals surface area contributed by atoms with Crippen molar-refractivity contribution in [2.24, 2.45) is 0 Å². The lowest BCUT2D eigenvalue weighted by Gasteiger charge is -2.19. The van der Waals surface area contributed by atoms with Crippen LogP contribution < -0.4 is 15.2 Å². The Labute approximate surface area is 153 Å². The highest BCUT2D eigenvalue weighted by atomic mass is 16.5. The molecule has 6 heteroatoms. The van der Waals surface area contributed by atoms with E-state index in [1.165, 1.54) is 18.4 Å². The lowest BCUT2D eigenvalue weighted by atomic mass is 10.0. The molecule has 0 spiro atoms. The Morgan fingerprint density at radius 3 is 2.69 bits per heavy atom. The Kier molecular flexibility index (Phi) is 4.93. The van der Waals surface area contributed by atoms with Gasteiger partial charge >= 0.3 is 0 Å². The van der Waals surface area contributed by atoms with E-state index in [1.54, 1.807) is 13.2 Å². The van der Waals surface area contributed by atoms with Crippen LogP contribution in [0.15, 0.2) is 35.1 Å². The van der Waals surface area contributed by atoms with Crippen LogP contribution in [-0.2, 0) is 6.54 Å². The molecule has 3 heterocycles. The molecule has 0 amide bonds. The maximum atomic E-state index is 12.1. The van der Waals surface area contributed by atoms with E-state index < -0.39 is 0 Å². The Bertz CT molecular complexity index is 796. The van der Waals surface area contributed by atoms with Crippen LogP contribution in [0.3, 0.4) is 0 Å². The predicted molar refractivity (Wildman–Crippen MR) is 102 cm³/mol. The molecule has 2 fully saturated rings. The average Bonchev–Trinajstić information content (AvgIpc) is 3.34. The van der Waals surface area contributed by atoms with Crippen molar-refractivity contribution >= 4 is 5.95 Å². The number of methoxy groups -OCH3 is 1. The van der Waals surface area contributed by atoms with E-state index >= 15 is 0 Å². The van der Waals surface area contributed by atoms with E-state index in [9.17, 15) is 4.79 Å². The van der Waals surface area contributed by atoms with Crippen molar-refractivity contribution in [3.8, 4) is 5.75 Å². The summed E-state index contributed by atoms with van der Waals surface area (Å²) in [5, 5.41) is 0. The summed E-state index contributed by atoms with van der Waals surface area (Å²) in [7, 11) is 1.69. The van der Waals surface area contributed by atoms with E-state index in [2.05, 4.69) is 26.9 Å². The summed E-state index contributed by atoms with van der Waals surface area (Å²) in [6, 6.07) is 9.92. The molecule has 0 radical (unpaired) electrons. The molecule has 0 aliphatic carbocycles. The van der Waals surface area contributed by atoms with Gasteiger partial charge in [0, 0.05) is 38.2 Å². The summed E-state index contributed by atoms with van der Waals surface area (Å²) in [6.07, 6.45) is 3.39. The number of anilines is 1. The third kappa shape index (κ3) is 3.75. The van der Waals surface area contributed by atoms with E-state index in [0.29, 0.717) is 5.92 Å². The second kappa shape index (κ2) is 7.50. The Hall–Kier alpha value is -2.34. The Morgan fingerprint density at radius 2 is 1.96 bits per heavy atom. The van der Waals surface area contributed by atoms with Crippen LogP contribution in [0, 0.1) is 0 Å². The van der Waals surface area contributed by atoms with Crippen LogP contribution in [0.5, 0.6) is 5.75 Å². The third-order valence-corrected chi connectivity index (χ3v) is 5.41. The van der Waals surface area contributed by atoms with Gasteiger partial charge in [-0.2, -0.15) is 0 Å². The fourth-order valence-electron chi connectivity index (χ4n) is 3.96. The quantitative estimate of drug-likeness (QED) is 0.893. The monoisotopic (exact) mass is 354 g/mol. The highest BCUT2D eigenvalue weighted by Crippen LogP contribution is 2.28. The molecule has 4 rings (SSSR count). The average molecular weight is 354 g/mol. The standard InChI is InChI=1S/C20H26N4O2/c1-26-17-6-4-15(5-7-17)13-23-11-8-16(14-23)18-12-19(25)22-20(21-18)24-9-2-3-10-24/h4-7,12,16H,2-3,8-11,13-14H2,1H3,(H,21,22,25)/t16-/m0/s1. The molecule has 1 aromatic heterocycles. The normalized spacial score (nSPS) is 20.7. The van der Waals surface area contributed by atoms with Gasteiger partial charge in [0.1, 0.15) is 5.75 Å². The van der Waals surface area contributed by atoms with Gasteiger partial charge in [-0.25, -0.2) is 4.98 Å². The van der Waals surface area contributed by atoms with Crippen molar-refractivity contribution in [2.45, 2.75) is 31.7 Å². The van der Waals surface area contributed by atoms with Gasteiger partial charge in [0.2, 0.25) is 5.95 Å². The fourth-order valence-corrected chi connectivity index (χ4v) is 3.96. The highest BCUT2D eigenvalue weighted by Gasteiger charge is 2.26. The molecule has 1 N–H and O–H groups in total. The topological polar surface area (TPSA) is 61.5 Å². The number of likely N-dealkylation sites (tertiary alicyclic amines) is 1. The summed E-state index contributed by atoms with van der Waals surface area (Å²) >= 11 is 0. The van der Waals surface area contributed by atoms with E-state index in [0.717, 1.165) is 56.5 Å². The minimum atomic E-state index is -0.0366. The Balaban J connectivity index is 1.43. The maximum absolute atomic E-state index is 12.1. The molecule has 1 atom stereocenters. The van der Waals surface area contributed by atoms with Crippen LogP contribution in [0.1, 0.15) is 36.4 Å². The van der Waals surface area contributed by atoms with Crippen LogP contribution in [0.2, 0.25) is 0 Å². The minimum Gasteiger partial charge on any atom is -0.497 e. The zero-order valence-corrected chi connectivity index (χ0v) is 15.3. The zero-order valence-electron chi connectivity index (χ0n) is 15.3. The molecule has 1 aromatic carbocycles. The molecule has 138 valence electrons. The first-order valence-corrected chi connectivity index (χ1v) is 9.43. The van der Waals surface area contributed by atoms with Gasteiger partial charge in [0.05, 0.1) is 12.8 Å². The number of hydrogen-bond acceptors (Lipinski definition) is 5. The molecule has 2 saturated heterocycles. The van der Waals surface area contributed by atoms with Gasteiger partial charge in [-0.15, -0.1) is 0 Å². The first kappa shape index (κ1) is 17.1. The number of rotatable bonds is 5. The number of hydrogen-bond donors (Lipinski definition) is 1. The fraction of sp³-hybridized carbons (Fsp3) is 0.500. The smallest absolute Gasteiger partial charge is 0.252 e. The number of benzene rings is 1. The summed E-state index contributed by atoms with van der Waals surface area (Å²) in [4.78, 5) is 24.4. The number of nitrogens with one attached hydrogen (secondary N) is 1. The first-order chi connectivity index (χ1) is 12.7. The number of H-pyrrole nitrogens is 1. The molecule has 0 saturated carbocycles. The predicted octanol–water partition coefficient (Wildman–Crippen LogP) is 2.37. The van der Waals surface area contributed by atoms with Gasteiger partial charge in [-0.1, -0.05) is 12.1 Å². The molecule has 2 aromatic rings. The van der Waals surface area contributed by atoms with Crippen LogP contribution in [-0.4, -0.2) is 48.2 Å². The van der Waals surface area contributed by atoms with Gasteiger partial charge in [0.25, 0.3) is 5.56 Å². The van der Waals surface area contributed by atoms with Crippen molar-refractivity contribution in [1.82, 2.24) is 14.9 Å². The largest absolute Gasteiger partial charge is 0.497 e. The maximum Gasteiger partial charge on any atom is 0.252 e. The lowest BCUT2D eigenvalue weighted by molar-refractivity contribution is 0.326. The number of ether oxygens (including phenoxy) is 1. The molecule has 2 aliphatic heterocycles. The highest BCUT2D eigenvalue weighted by molar-refractivity contribution is 5.32. The van der Waals surface area contributed by atoms with Gasteiger partial charge in [-0.05, 0) is 43.5 Å². The van der Waals surface area contributed by atoms with Crippen molar-refractivity contribution in [2.75, 3.05) is 38.2 Å². The summed E-state index contributed by atoms with van der Waals surface area (Å²) in [5.74, 6) is 1.96. The first-order valence-electron chi connectivity index (χ1n) is 9.43. The third-order valence-electron chi connectivity index (χ3n) is 5.41. The van der Waals surface area contributed by atoms with Gasteiger partial charge in [-0.3, -0.25) is 14.7 Å². The minimum absolute atomic E-state index is 0.0366. The summed E-state index contributed by atoms with van der Waals surface area (Å²) < 4.78 is 5.22. The van der Waals surface area contributed by atoms with Crippen LogP contribution >= 0.6 is 0 Å². The molecule has 26 heavy (non-hydrogen) atoms. The Morgan fingerprint density at radius 1 is 1.19 bits per heavy atom. The molecule has 6 nitrogen and oxygen atoms in total. The molecular formula is C20H26N4O2. The summed E-state index contributed by atoms with van der Waals surface area (Å²) in [5.41, 5.74) is 2.18. The number of aromatic nitrogens is 2. The second-order valence-electron chi connectivity index (χ2n) is 7.26.